The van der Waals surface area contributed by atoms with E-state index in [1.54, 1.807) is 0 Å². The zero-order valence-corrected chi connectivity index (χ0v) is 8.89. The highest BCUT2D eigenvalue weighted by Gasteiger charge is 2.02. The summed E-state index contributed by atoms with van der Waals surface area (Å²) in [6, 6.07) is 0.558. The van der Waals surface area contributed by atoms with Crippen molar-refractivity contribution < 1.29 is 9.53 Å². The zero-order valence-electron chi connectivity index (χ0n) is 8.89. The second-order valence-corrected chi connectivity index (χ2v) is 3.54. The molecular formula is C9H20N2O2. The average molecular weight is 188 g/mol. The smallest absolute Gasteiger partial charge is 0.407 e. The van der Waals surface area contributed by atoms with Crippen molar-refractivity contribution in [1.82, 2.24) is 10.6 Å². The summed E-state index contributed by atoms with van der Waals surface area (Å²) in [4.78, 5) is 10.9. The molecule has 0 bridgehead atoms. The summed E-state index contributed by atoms with van der Waals surface area (Å²) in [5.74, 6) is 0. The predicted octanol–water partition coefficient (Wildman–Crippen LogP) is 1.12. The Kier molecular flexibility index (Phi) is 6.32. The first-order chi connectivity index (χ1) is 6.02. The molecule has 0 aromatic rings. The van der Waals surface area contributed by atoms with Gasteiger partial charge in [0, 0.05) is 18.6 Å². The molecule has 0 aliphatic rings. The SMILES string of the molecule is CC(C)NCCOC(=O)NC(C)C. The minimum Gasteiger partial charge on any atom is -0.448 e. The quantitative estimate of drug-likeness (QED) is 0.636. The van der Waals surface area contributed by atoms with Crippen LogP contribution in [0.2, 0.25) is 0 Å². The number of hydrogen-bond donors (Lipinski definition) is 2. The summed E-state index contributed by atoms with van der Waals surface area (Å²) < 4.78 is 4.89. The fraction of sp³-hybridized carbons (Fsp3) is 0.889. The van der Waals surface area contributed by atoms with Crippen LogP contribution in [0.3, 0.4) is 0 Å². The lowest BCUT2D eigenvalue weighted by atomic mass is 10.4. The summed E-state index contributed by atoms with van der Waals surface area (Å²) in [6.45, 7) is 9.00. The largest absolute Gasteiger partial charge is 0.448 e. The van der Waals surface area contributed by atoms with Gasteiger partial charge in [0.15, 0.2) is 0 Å². The van der Waals surface area contributed by atoms with Gasteiger partial charge in [-0.2, -0.15) is 0 Å². The molecule has 0 heterocycles. The minimum atomic E-state index is -0.347. The second-order valence-electron chi connectivity index (χ2n) is 3.54. The highest BCUT2D eigenvalue weighted by atomic mass is 16.5. The zero-order chi connectivity index (χ0) is 10.3. The Hall–Kier alpha value is -0.770. The lowest BCUT2D eigenvalue weighted by molar-refractivity contribution is 0.143. The molecule has 0 spiro atoms. The van der Waals surface area contributed by atoms with E-state index >= 15 is 0 Å². The molecule has 0 rings (SSSR count). The molecule has 0 aromatic carbocycles. The fourth-order valence-corrected chi connectivity index (χ4v) is 0.769. The number of ether oxygens (including phenoxy) is 1. The van der Waals surface area contributed by atoms with Crippen LogP contribution < -0.4 is 10.6 Å². The van der Waals surface area contributed by atoms with Gasteiger partial charge in [0.25, 0.3) is 0 Å². The Morgan fingerprint density at radius 1 is 1.23 bits per heavy atom. The topological polar surface area (TPSA) is 50.4 Å². The van der Waals surface area contributed by atoms with E-state index in [0.29, 0.717) is 19.2 Å². The molecule has 0 aliphatic heterocycles. The van der Waals surface area contributed by atoms with Crippen molar-refractivity contribution in [1.29, 1.82) is 0 Å². The number of amides is 1. The molecule has 4 nitrogen and oxygen atoms in total. The number of alkyl carbamates (subject to hydrolysis) is 1. The Labute approximate surface area is 80.0 Å². The lowest BCUT2D eigenvalue weighted by Crippen LogP contribution is -2.33. The van der Waals surface area contributed by atoms with Crippen molar-refractivity contribution in [2.24, 2.45) is 0 Å². The predicted molar refractivity (Wildman–Crippen MR) is 52.8 cm³/mol. The van der Waals surface area contributed by atoms with Crippen LogP contribution in [0.1, 0.15) is 27.7 Å². The van der Waals surface area contributed by atoms with Crippen molar-refractivity contribution in [2.45, 2.75) is 39.8 Å². The normalized spacial score (nSPS) is 10.6. The fourth-order valence-electron chi connectivity index (χ4n) is 0.769. The van der Waals surface area contributed by atoms with Crippen LogP contribution in [-0.2, 0) is 4.74 Å². The summed E-state index contributed by atoms with van der Waals surface area (Å²) in [6.07, 6.45) is -0.347. The van der Waals surface area contributed by atoms with E-state index in [-0.39, 0.29) is 12.1 Å². The molecule has 0 aromatic heterocycles. The van der Waals surface area contributed by atoms with Gasteiger partial charge in [0.1, 0.15) is 6.61 Å². The van der Waals surface area contributed by atoms with Gasteiger partial charge in [-0.05, 0) is 13.8 Å². The summed E-state index contributed by atoms with van der Waals surface area (Å²) >= 11 is 0. The average Bonchev–Trinajstić information content (AvgIpc) is 1.96. The molecule has 2 N–H and O–H groups in total. The van der Waals surface area contributed by atoms with E-state index in [0.717, 1.165) is 0 Å². The van der Waals surface area contributed by atoms with E-state index in [2.05, 4.69) is 10.6 Å². The molecule has 0 saturated heterocycles. The van der Waals surface area contributed by atoms with Crippen LogP contribution in [0.25, 0.3) is 0 Å². The first kappa shape index (κ1) is 12.2. The van der Waals surface area contributed by atoms with Crippen LogP contribution in [0.4, 0.5) is 4.79 Å². The molecule has 0 unspecified atom stereocenters. The molecule has 1 amide bonds. The first-order valence-corrected chi connectivity index (χ1v) is 4.69. The maximum Gasteiger partial charge on any atom is 0.407 e. The molecule has 78 valence electrons. The van der Waals surface area contributed by atoms with Crippen LogP contribution >= 0.6 is 0 Å². The number of rotatable bonds is 5. The number of nitrogens with one attached hydrogen (secondary N) is 2. The lowest BCUT2D eigenvalue weighted by Gasteiger charge is -2.10. The second kappa shape index (κ2) is 6.71. The molecule has 0 fully saturated rings. The first-order valence-electron chi connectivity index (χ1n) is 4.69. The monoisotopic (exact) mass is 188 g/mol. The summed E-state index contributed by atoms with van der Waals surface area (Å²) in [7, 11) is 0. The highest BCUT2D eigenvalue weighted by molar-refractivity contribution is 5.67. The van der Waals surface area contributed by atoms with E-state index < -0.39 is 0 Å². The maximum atomic E-state index is 10.9. The van der Waals surface area contributed by atoms with Gasteiger partial charge in [-0.15, -0.1) is 0 Å². The molecule has 4 heteroatoms. The van der Waals surface area contributed by atoms with E-state index in [1.165, 1.54) is 0 Å². The van der Waals surface area contributed by atoms with Crippen molar-refractivity contribution >= 4 is 6.09 Å². The van der Waals surface area contributed by atoms with Crippen LogP contribution in [0.15, 0.2) is 0 Å². The molecule has 0 aliphatic carbocycles. The number of hydrogen-bond acceptors (Lipinski definition) is 3. The Bertz CT molecular complexity index is 147. The van der Waals surface area contributed by atoms with E-state index in [9.17, 15) is 4.79 Å². The van der Waals surface area contributed by atoms with Crippen molar-refractivity contribution in [2.75, 3.05) is 13.2 Å². The minimum absolute atomic E-state index is 0.130. The van der Waals surface area contributed by atoms with Crippen molar-refractivity contribution in [3.8, 4) is 0 Å². The Morgan fingerprint density at radius 3 is 2.31 bits per heavy atom. The van der Waals surface area contributed by atoms with Crippen LogP contribution in [0.5, 0.6) is 0 Å². The van der Waals surface area contributed by atoms with Crippen LogP contribution in [0, 0.1) is 0 Å². The van der Waals surface area contributed by atoms with Gasteiger partial charge >= 0.3 is 6.09 Å². The third kappa shape index (κ3) is 9.14. The summed E-state index contributed by atoms with van der Waals surface area (Å²) in [5.41, 5.74) is 0. The third-order valence-corrected chi connectivity index (χ3v) is 1.29. The van der Waals surface area contributed by atoms with Gasteiger partial charge in [0.05, 0.1) is 0 Å². The highest BCUT2D eigenvalue weighted by Crippen LogP contribution is 1.82. The van der Waals surface area contributed by atoms with E-state index in [1.807, 2.05) is 27.7 Å². The van der Waals surface area contributed by atoms with Gasteiger partial charge in [-0.3, -0.25) is 0 Å². The Balaban J connectivity index is 3.27. The van der Waals surface area contributed by atoms with Crippen LogP contribution in [-0.4, -0.2) is 31.3 Å². The van der Waals surface area contributed by atoms with Gasteiger partial charge in [0.2, 0.25) is 0 Å². The standard InChI is InChI=1S/C9H20N2O2/c1-7(2)10-5-6-13-9(12)11-8(3)4/h7-8,10H,5-6H2,1-4H3,(H,11,12). The van der Waals surface area contributed by atoms with Crippen molar-refractivity contribution in [3.63, 3.8) is 0 Å². The van der Waals surface area contributed by atoms with E-state index in [4.69, 9.17) is 4.74 Å². The number of carbonyl (C=O) groups is 1. The third-order valence-electron chi connectivity index (χ3n) is 1.29. The molecule has 0 radical (unpaired) electrons. The maximum absolute atomic E-state index is 10.9. The summed E-state index contributed by atoms with van der Waals surface area (Å²) in [5, 5.41) is 5.79. The molecular weight excluding hydrogens is 168 g/mol. The molecule has 0 atom stereocenters. The van der Waals surface area contributed by atoms with Gasteiger partial charge in [-0.25, -0.2) is 4.79 Å². The number of carbonyl (C=O) groups excluding carboxylic acids is 1. The molecule has 13 heavy (non-hydrogen) atoms. The Morgan fingerprint density at radius 2 is 1.85 bits per heavy atom. The van der Waals surface area contributed by atoms with Gasteiger partial charge < -0.3 is 15.4 Å². The van der Waals surface area contributed by atoms with Crippen molar-refractivity contribution in [3.05, 3.63) is 0 Å². The van der Waals surface area contributed by atoms with Gasteiger partial charge in [-0.1, -0.05) is 13.8 Å². The molecule has 0 saturated carbocycles.